The molecule has 0 aliphatic heterocycles. The van der Waals surface area contributed by atoms with Gasteiger partial charge in [-0.3, -0.25) is 28.9 Å². The maximum atomic E-state index is 14.3. The Labute approximate surface area is 348 Å². The molecule has 0 bridgehead atoms. The van der Waals surface area contributed by atoms with E-state index in [1.54, 1.807) is 18.7 Å². The van der Waals surface area contributed by atoms with Crippen LogP contribution in [0.2, 0.25) is 0 Å². The van der Waals surface area contributed by atoms with Gasteiger partial charge in [-0.05, 0) is 138 Å². The molecule has 5 fully saturated rings. The molecule has 58 heavy (non-hydrogen) atoms. The number of aliphatic carboxylic acids is 1. The minimum absolute atomic E-state index is 0.00465. The average Bonchev–Trinajstić information content (AvgIpc) is 3.44. The zero-order valence-corrected chi connectivity index (χ0v) is 37.8. The van der Waals surface area contributed by atoms with Gasteiger partial charge in [0.15, 0.2) is 5.78 Å². The smallest absolute Gasteiger partial charge is 0.309 e. The van der Waals surface area contributed by atoms with E-state index >= 15 is 0 Å². The molecular weight excluding hydrogens is 733 g/mol. The van der Waals surface area contributed by atoms with Crippen molar-refractivity contribution in [1.29, 1.82) is 0 Å². The van der Waals surface area contributed by atoms with E-state index in [4.69, 9.17) is 4.74 Å². The molecule has 5 saturated carbocycles. The second-order valence-corrected chi connectivity index (χ2v) is 22.5. The predicted molar refractivity (Wildman–Crippen MR) is 223 cm³/mol. The van der Waals surface area contributed by atoms with E-state index in [9.17, 15) is 34.2 Å². The van der Waals surface area contributed by atoms with E-state index in [2.05, 4.69) is 48.5 Å². The highest BCUT2D eigenvalue weighted by Crippen LogP contribution is 2.77. The number of carbonyl (C=O) groups excluding carboxylic acids is 4. The Kier molecular flexibility index (Phi) is 12.2. The van der Waals surface area contributed by atoms with Gasteiger partial charge < -0.3 is 19.8 Å². The Morgan fingerprint density at radius 2 is 1.50 bits per heavy atom. The lowest BCUT2D eigenvalue weighted by Crippen LogP contribution is -2.66. The Balaban J connectivity index is 1.30. The largest absolute Gasteiger partial charge is 0.481 e. The van der Waals surface area contributed by atoms with Crippen LogP contribution in [0.25, 0.3) is 0 Å². The molecule has 10 nitrogen and oxygen atoms in total. The van der Waals surface area contributed by atoms with Crippen LogP contribution in [-0.4, -0.2) is 88.9 Å². The monoisotopic (exact) mass is 809 g/mol. The van der Waals surface area contributed by atoms with Crippen molar-refractivity contribution in [3.63, 3.8) is 0 Å². The van der Waals surface area contributed by atoms with Crippen molar-refractivity contribution in [3.8, 4) is 0 Å². The molecule has 10 heteroatoms. The van der Waals surface area contributed by atoms with Gasteiger partial charge in [0.1, 0.15) is 6.10 Å². The lowest BCUT2D eigenvalue weighted by atomic mass is 9.33. The second-order valence-electron chi connectivity index (χ2n) is 22.5. The number of ketones is 1. The molecule has 0 aromatic heterocycles. The van der Waals surface area contributed by atoms with Crippen molar-refractivity contribution in [2.45, 2.75) is 171 Å². The quantitative estimate of drug-likeness (QED) is 0.198. The molecule has 326 valence electrons. The highest BCUT2D eigenvalue weighted by Gasteiger charge is 2.71. The molecule has 6 aliphatic rings. The summed E-state index contributed by atoms with van der Waals surface area (Å²) >= 11 is 0. The van der Waals surface area contributed by atoms with Gasteiger partial charge in [-0.1, -0.05) is 73.3 Å². The first kappa shape index (κ1) is 44.9. The van der Waals surface area contributed by atoms with Crippen LogP contribution in [0.3, 0.4) is 0 Å². The molecule has 0 spiro atoms. The highest BCUT2D eigenvalue weighted by molar-refractivity contribution is 6.01. The Hall–Kier alpha value is -2.59. The number of imide groups is 1. The number of carboxylic acids is 1. The predicted octanol–water partition coefficient (Wildman–Crippen LogP) is 8.24. The number of Topliss-reactive ketones (excluding diaryl/α,β-unsaturated/α-hetero) is 1. The van der Waals surface area contributed by atoms with Crippen molar-refractivity contribution in [2.24, 2.45) is 62.1 Å². The number of esters is 1. The van der Waals surface area contributed by atoms with Gasteiger partial charge in [-0.25, -0.2) is 0 Å². The van der Waals surface area contributed by atoms with E-state index in [0.29, 0.717) is 18.3 Å². The summed E-state index contributed by atoms with van der Waals surface area (Å²) < 4.78 is 6.18. The summed E-state index contributed by atoms with van der Waals surface area (Å²) in [5.74, 6) is -1.20. The first-order chi connectivity index (χ1) is 26.9. The minimum atomic E-state index is -1.19. The first-order valence-corrected chi connectivity index (χ1v) is 22.7. The van der Waals surface area contributed by atoms with Crippen LogP contribution >= 0.6 is 0 Å². The molecule has 9 atom stereocenters. The number of likely N-dealkylation sites (N-methyl/N-ethyl adjacent to an activating group) is 1. The van der Waals surface area contributed by atoms with Crippen molar-refractivity contribution >= 4 is 29.5 Å². The Morgan fingerprint density at radius 1 is 0.845 bits per heavy atom. The van der Waals surface area contributed by atoms with Crippen LogP contribution in [0.4, 0.5) is 0 Å². The summed E-state index contributed by atoms with van der Waals surface area (Å²) in [6, 6.07) is 0. The van der Waals surface area contributed by atoms with Gasteiger partial charge in [0, 0.05) is 23.2 Å². The third-order valence-corrected chi connectivity index (χ3v) is 17.8. The van der Waals surface area contributed by atoms with Crippen LogP contribution < -0.4 is 0 Å². The van der Waals surface area contributed by atoms with Gasteiger partial charge in [0.05, 0.1) is 31.0 Å². The lowest BCUT2D eigenvalue weighted by molar-refractivity contribution is -0.235. The molecule has 2 unspecified atom stereocenters. The lowest BCUT2D eigenvalue weighted by Gasteiger charge is -2.72. The van der Waals surface area contributed by atoms with Gasteiger partial charge in [0.25, 0.3) is 0 Å². The summed E-state index contributed by atoms with van der Waals surface area (Å²) in [6.07, 6.45) is 10.4. The topological polar surface area (TPSA) is 142 Å². The summed E-state index contributed by atoms with van der Waals surface area (Å²) in [5.41, 5.74) is -0.485. The van der Waals surface area contributed by atoms with Crippen molar-refractivity contribution in [2.75, 3.05) is 27.2 Å². The molecule has 0 aromatic rings. The third-order valence-electron chi connectivity index (χ3n) is 17.8. The van der Waals surface area contributed by atoms with Gasteiger partial charge in [-0.2, -0.15) is 0 Å². The normalized spacial score (nSPS) is 36.8. The number of ether oxygens (including phenoxy) is 1. The van der Waals surface area contributed by atoms with E-state index in [1.165, 1.54) is 4.90 Å². The molecule has 0 radical (unpaired) electrons. The molecule has 0 heterocycles. The molecule has 2 N–H and O–H groups in total. The van der Waals surface area contributed by atoms with Crippen molar-refractivity contribution < 1.29 is 38.9 Å². The average molecular weight is 809 g/mol. The number of hydrogen-bond acceptors (Lipinski definition) is 8. The maximum absolute atomic E-state index is 14.3. The Bertz CT molecular complexity index is 1690. The first-order valence-electron chi connectivity index (χ1n) is 22.7. The van der Waals surface area contributed by atoms with E-state index in [1.807, 2.05) is 14.1 Å². The summed E-state index contributed by atoms with van der Waals surface area (Å²) in [5, 5.41) is 22.3. The zero-order chi connectivity index (χ0) is 43.0. The van der Waals surface area contributed by atoms with Gasteiger partial charge in [-0.15, -0.1) is 0 Å². The molecular formula is C48H76N2O8. The van der Waals surface area contributed by atoms with E-state index in [0.717, 1.165) is 88.2 Å². The standard InChI is InChI=1S/C48H76N2O8/c1-29(2)39-32(51)25-48(35(52)27-50(37(53)28-49(10)11)41(55)30-15-13-12-14-16-30)24-23-46(8)31(40(39)48)17-18-34-45(7)21-20-36(58-38(54)26-43(3,4)42(56)57)44(5,6)33(45)19-22-47(34,46)9/h29-31,33-36,52H,12-28H2,1-11H3,(H,56,57)/t31-,33+,34-,35?,36+,45+,46-,47-,48?/m1/s1. The van der Waals surface area contributed by atoms with Crippen LogP contribution in [0.1, 0.15) is 159 Å². The maximum Gasteiger partial charge on any atom is 0.309 e. The molecule has 0 aromatic carbocycles. The number of fused-ring (bicyclic) bond motifs is 7. The van der Waals surface area contributed by atoms with E-state index in [-0.39, 0.29) is 89.0 Å². The minimum Gasteiger partial charge on any atom is -0.481 e. The fraction of sp³-hybridized carbons (Fsp3) is 0.854. The Morgan fingerprint density at radius 3 is 2.10 bits per heavy atom. The number of aliphatic hydroxyl groups excluding tert-OH is 1. The number of carboxylic acid groups (broad SMARTS) is 1. The number of allylic oxidation sites excluding steroid dienone is 1. The van der Waals surface area contributed by atoms with E-state index < -0.39 is 28.9 Å². The summed E-state index contributed by atoms with van der Waals surface area (Å²) in [7, 11) is 3.64. The zero-order valence-electron chi connectivity index (χ0n) is 37.8. The third kappa shape index (κ3) is 7.23. The number of nitrogens with zero attached hydrogens (tertiary/aromatic N) is 2. The van der Waals surface area contributed by atoms with Crippen molar-refractivity contribution in [3.05, 3.63) is 11.1 Å². The fourth-order valence-electron chi connectivity index (χ4n) is 14.5. The number of hydrogen-bond donors (Lipinski definition) is 2. The molecule has 2 amide bonds. The molecule has 6 aliphatic carbocycles. The molecule has 0 saturated heterocycles. The van der Waals surface area contributed by atoms with Crippen LogP contribution in [0.15, 0.2) is 11.1 Å². The number of amides is 2. The summed E-state index contributed by atoms with van der Waals surface area (Å²) in [6.45, 7) is 19.3. The van der Waals surface area contributed by atoms with Gasteiger partial charge >= 0.3 is 11.9 Å². The number of aliphatic hydroxyl groups is 1. The number of carbonyl (C=O) groups is 5. The number of rotatable bonds is 11. The molecule has 6 rings (SSSR count). The second kappa shape index (κ2) is 15.7. The SMILES string of the molecule is CC(C)C1=C2[C@H]3CC[C@@H]4[C@@]5(C)CC[C@H](OC(=O)CC(C)(C)C(=O)O)C(C)(C)[C@@H]5CC[C@@]4(C)[C@]3(C)CCC2(C(O)CN(C(=O)CN(C)C)C(=O)C2CCCCC2)CC1=O. The van der Waals surface area contributed by atoms with Gasteiger partial charge in [0.2, 0.25) is 11.8 Å². The van der Waals surface area contributed by atoms with Crippen LogP contribution in [0, 0.1) is 62.1 Å². The van der Waals surface area contributed by atoms with Crippen LogP contribution in [0.5, 0.6) is 0 Å². The fourth-order valence-corrected chi connectivity index (χ4v) is 14.5. The highest BCUT2D eigenvalue weighted by atomic mass is 16.5. The van der Waals surface area contributed by atoms with Crippen LogP contribution in [-0.2, 0) is 28.7 Å². The van der Waals surface area contributed by atoms with Crippen molar-refractivity contribution in [1.82, 2.24) is 9.80 Å². The summed E-state index contributed by atoms with van der Waals surface area (Å²) in [4.78, 5) is 70.4.